The largest absolute Gasteiger partial charge is 0.497 e. The van der Waals surface area contributed by atoms with Crippen molar-refractivity contribution in [3.63, 3.8) is 0 Å². The minimum Gasteiger partial charge on any atom is -0.497 e. The van der Waals surface area contributed by atoms with Gasteiger partial charge in [0.25, 0.3) is 11.1 Å². The van der Waals surface area contributed by atoms with Gasteiger partial charge in [0.1, 0.15) is 5.75 Å². The zero-order chi connectivity index (χ0) is 24.4. The summed E-state index contributed by atoms with van der Waals surface area (Å²) in [5.74, 6) is -0.162. The number of halogens is 1. The first-order valence-electron chi connectivity index (χ1n) is 10.4. The minimum absolute atomic E-state index is 0. The quantitative estimate of drug-likeness (QED) is 0.227. The topological polar surface area (TPSA) is 142 Å². The fraction of sp³-hybridized carbons (Fsp3) is 0.208. The number of H-pyrrole nitrogens is 4. The molecular formula is C24H25ClN4O6. The van der Waals surface area contributed by atoms with Crippen LogP contribution in [-0.4, -0.2) is 40.6 Å². The number of ether oxygens (including phenoxy) is 3. The Morgan fingerprint density at radius 3 is 1.80 bits per heavy atom. The van der Waals surface area contributed by atoms with E-state index in [0.717, 1.165) is 0 Å². The van der Waals surface area contributed by atoms with Gasteiger partial charge in [0, 0.05) is 17.3 Å². The summed E-state index contributed by atoms with van der Waals surface area (Å²) in [4.78, 5) is 37.9. The van der Waals surface area contributed by atoms with E-state index in [0.29, 0.717) is 39.4 Å². The SMILES string of the molecule is COc1ccc(C(=O)Oc2ccc(C(c3c(C)[nH][nH]c3=O)c3c(C)[nH][nH]c3=O)cc2OC)cc1.Cl. The molecule has 0 bridgehead atoms. The molecule has 4 aromatic rings. The van der Waals surface area contributed by atoms with Gasteiger partial charge in [0.15, 0.2) is 11.5 Å². The second-order valence-corrected chi connectivity index (χ2v) is 7.70. The monoisotopic (exact) mass is 500 g/mol. The number of aromatic nitrogens is 4. The van der Waals surface area contributed by atoms with Crippen molar-refractivity contribution in [3.05, 3.63) is 96.8 Å². The van der Waals surface area contributed by atoms with Crippen LogP contribution in [0.5, 0.6) is 17.2 Å². The van der Waals surface area contributed by atoms with E-state index in [1.54, 1.807) is 63.4 Å². The average Bonchev–Trinajstić information content (AvgIpc) is 3.35. The highest BCUT2D eigenvalue weighted by atomic mass is 35.5. The van der Waals surface area contributed by atoms with Crippen LogP contribution in [-0.2, 0) is 0 Å². The van der Waals surface area contributed by atoms with Crippen LogP contribution in [0.1, 0.15) is 44.4 Å². The number of methoxy groups -OCH3 is 2. The number of nitrogens with one attached hydrogen (secondary N) is 4. The highest BCUT2D eigenvalue weighted by Crippen LogP contribution is 2.37. The minimum atomic E-state index is -0.690. The van der Waals surface area contributed by atoms with Crippen LogP contribution in [0.3, 0.4) is 0 Å². The van der Waals surface area contributed by atoms with E-state index in [1.165, 1.54) is 7.11 Å². The molecule has 4 N–H and O–H groups in total. The van der Waals surface area contributed by atoms with Crippen LogP contribution in [0, 0.1) is 13.8 Å². The molecule has 0 aliphatic rings. The van der Waals surface area contributed by atoms with Crippen LogP contribution in [0.4, 0.5) is 0 Å². The molecule has 0 aliphatic carbocycles. The van der Waals surface area contributed by atoms with E-state index in [-0.39, 0.29) is 35.0 Å². The summed E-state index contributed by atoms with van der Waals surface area (Å²) in [5, 5.41) is 10.8. The van der Waals surface area contributed by atoms with Gasteiger partial charge >= 0.3 is 5.97 Å². The number of hydrogen-bond acceptors (Lipinski definition) is 6. The number of rotatable bonds is 7. The van der Waals surface area contributed by atoms with Gasteiger partial charge < -0.3 is 24.4 Å². The number of carbonyl (C=O) groups excluding carboxylic acids is 1. The Hall–Kier alpha value is -4.18. The molecule has 0 radical (unpaired) electrons. The van der Waals surface area contributed by atoms with Gasteiger partial charge in [-0.2, -0.15) is 0 Å². The first-order chi connectivity index (χ1) is 16.3. The lowest BCUT2D eigenvalue weighted by molar-refractivity contribution is 0.0729. The third-order valence-electron chi connectivity index (χ3n) is 5.65. The molecule has 0 unspecified atom stereocenters. The summed E-state index contributed by atoms with van der Waals surface area (Å²) < 4.78 is 16.1. The molecule has 35 heavy (non-hydrogen) atoms. The van der Waals surface area contributed by atoms with E-state index in [4.69, 9.17) is 14.2 Å². The average molecular weight is 501 g/mol. The Kier molecular flexibility index (Phi) is 7.55. The lowest BCUT2D eigenvalue weighted by atomic mass is 9.85. The standard InChI is InChI=1S/C24H24N4O6.ClH/c1-12-19(22(29)27-25-12)21(20-13(2)26-28-23(20)30)15-7-10-17(18(11-15)33-4)34-24(31)14-5-8-16(32-3)9-6-14;/h5-11,21H,1-4H3,(H2,25,27,29)(H2,26,28,30);1H. The predicted molar refractivity (Wildman–Crippen MR) is 131 cm³/mol. The summed E-state index contributed by atoms with van der Waals surface area (Å²) in [6, 6.07) is 11.4. The Morgan fingerprint density at radius 1 is 0.771 bits per heavy atom. The molecule has 0 amide bonds. The smallest absolute Gasteiger partial charge is 0.343 e. The van der Waals surface area contributed by atoms with Crippen molar-refractivity contribution >= 4 is 18.4 Å². The molecule has 0 saturated carbocycles. The normalized spacial score (nSPS) is 10.7. The summed E-state index contributed by atoms with van der Waals surface area (Å²) in [5.41, 5.74) is 2.29. The molecule has 2 heterocycles. The molecular weight excluding hydrogens is 476 g/mol. The van der Waals surface area contributed by atoms with Gasteiger partial charge in [0.05, 0.1) is 30.9 Å². The van der Waals surface area contributed by atoms with Crippen molar-refractivity contribution in [2.45, 2.75) is 19.8 Å². The molecule has 2 aromatic carbocycles. The van der Waals surface area contributed by atoms with E-state index in [1.807, 2.05) is 0 Å². The number of carbonyl (C=O) groups is 1. The van der Waals surface area contributed by atoms with Crippen LogP contribution < -0.4 is 25.3 Å². The molecule has 11 heteroatoms. The highest BCUT2D eigenvalue weighted by molar-refractivity contribution is 5.91. The first-order valence-corrected chi connectivity index (χ1v) is 10.4. The first kappa shape index (κ1) is 25.4. The second kappa shape index (κ2) is 10.4. The molecule has 0 spiro atoms. The maximum atomic E-state index is 12.6. The molecule has 184 valence electrons. The molecule has 10 nitrogen and oxygen atoms in total. The molecule has 2 aromatic heterocycles. The summed E-state index contributed by atoms with van der Waals surface area (Å²) in [7, 11) is 2.99. The van der Waals surface area contributed by atoms with Crippen LogP contribution in [0.2, 0.25) is 0 Å². The molecule has 0 aliphatic heterocycles. The van der Waals surface area contributed by atoms with Crippen molar-refractivity contribution < 1.29 is 19.0 Å². The van der Waals surface area contributed by atoms with Crippen LogP contribution in [0.25, 0.3) is 0 Å². The van der Waals surface area contributed by atoms with E-state index in [9.17, 15) is 14.4 Å². The van der Waals surface area contributed by atoms with Crippen LogP contribution >= 0.6 is 12.4 Å². The zero-order valence-electron chi connectivity index (χ0n) is 19.5. The second-order valence-electron chi connectivity index (χ2n) is 7.70. The van der Waals surface area contributed by atoms with Crippen molar-refractivity contribution in [3.8, 4) is 17.2 Å². The van der Waals surface area contributed by atoms with Gasteiger partial charge in [0.2, 0.25) is 0 Å². The molecule has 0 fully saturated rings. The molecule has 0 saturated heterocycles. The number of aryl methyl sites for hydroxylation is 2. The van der Waals surface area contributed by atoms with Gasteiger partial charge in [-0.3, -0.25) is 19.8 Å². The number of esters is 1. The van der Waals surface area contributed by atoms with Gasteiger partial charge in [-0.05, 0) is 55.8 Å². The fourth-order valence-corrected chi connectivity index (χ4v) is 3.92. The summed E-state index contributed by atoms with van der Waals surface area (Å²) >= 11 is 0. The highest BCUT2D eigenvalue weighted by Gasteiger charge is 2.29. The van der Waals surface area contributed by atoms with E-state index < -0.39 is 11.9 Å². The Morgan fingerprint density at radius 2 is 1.34 bits per heavy atom. The molecule has 0 atom stereocenters. The number of benzene rings is 2. The lowest BCUT2D eigenvalue weighted by Crippen LogP contribution is -2.20. The third kappa shape index (κ3) is 4.87. The predicted octanol–water partition coefficient (Wildman–Crippen LogP) is 3.17. The summed E-state index contributed by atoms with van der Waals surface area (Å²) in [6.45, 7) is 3.50. The van der Waals surface area contributed by atoms with Crippen molar-refractivity contribution in [1.29, 1.82) is 0 Å². The maximum Gasteiger partial charge on any atom is 0.343 e. The maximum absolute atomic E-state index is 12.6. The Balaban J connectivity index is 0.00000342. The molecule has 4 rings (SSSR count). The fourth-order valence-electron chi connectivity index (χ4n) is 3.92. The Bertz CT molecular complexity index is 1390. The van der Waals surface area contributed by atoms with Gasteiger partial charge in [-0.1, -0.05) is 6.07 Å². The number of aromatic amines is 4. The number of hydrogen-bond donors (Lipinski definition) is 4. The van der Waals surface area contributed by atoms with Gasteiger partial charge in [-0.15, -0.1) is 12.4 Å². The Labute approximate surface area is 206 Å². The van der Waals surface area contributed by atoms with Crippen molar-refractivity contribution in [2.24, 2.45) is 0 Å². The third-order valence-corrected chi connectivity index (χ3v) is 5.65. The van der Waals surface area contributed by atoms with Gasteiger partial charge in [-0.25, -0.2) is 4.79 Å². The van der Waals surface area contributed by atoms with E-state index in [2.05, 4.69) is 20.4 Å². The van der Waals surface area contributed by atoms with Crippen molar-refractivity contribution in [2.75, 3.05) is 14.2 Å². The lowest BCUT2D eigenvalue weighted by Gasteiger charge is -2.18. The van der Waals surface area contributed by atoms with E-state index >= 15 is 0 Å². The van der Waals surface area contributed by atoms with Crippen LogP contribution in [0.15, 0.2) is 52.1 Å². The summed E-state index contributed by atoms with van der Waals surface area (Å²) in [6.07, 6.45) is 0. The van der Waals surface area contributed by atoms with Crippen molar-refractivity contribution in [1.82, 2.24) is 20.4 Å². The zero-order valence-corrected chi connectivity index (χ0v) is 20.3.